The molecule has 2 N–H and O–H groups in total. The Morgan fingerprint density at radius 2 is 2.06 bits per heavy atom. The molecule has 1 aliphatic heterocycles. The zero-order chi connectivity index (χ0) is 13.2. The minimum atomic E-state index is -2.84. The van der Waals surface area contributed by atoms with Crippen molar-refractivity contribution in [1.82, 2.24) is 5.32 Å². The van der Waals surface area contributed by atoms with Gasteiger partial charge in [-0.2, -0.15) is 0 Å². The van der Waals surface area contributed by atoms with Crippen LogP contribution in [0.15, 0.2) is 24.3 Å². The highest BCUT2D eigenvalue weighted by Crippen LogP contribution is 2.22. The summed E-state index contributed by atoms with van der Waals surface area (Å²) >= 11 is 0. The van der Waals surface area contributed by atoms with Gasteiger partial charge in [0.25, 0.3) is 0 Å². The van der Waals surface area contributed by atoms with Crippen molar-refractivity contribution in [3.8, 4) is 5.75 Å². The van der Waals surface area contributed by atoms with E-state index in [1.807, 2.05) is 12.1 Å². The van der Waals surface area contributed by atoms with Crippen molar-refractivity contribution < 1.29 is 13.5 Å². The van der Waals surface area contributed by atoms with Gasteiger partial charge >= 0.3 is 0 Å². The van der Waals surface area contributed by atoms with Gasteiger partial charge in [-0.3, -0.25) is 0 Å². The molecule has 1 aromatic carbocycles. The molecule has 2 unspecified atom stereocenters. The molecule has 0 spiro atoms. The molecule has 4 nitrogen and oxygen atoms in total. The lowest BCUT2D eigenvalue weighted by molar-refractivity contribution is 0.447. The van der Waals surface area contributed by atoms with Crippen LogP contribution >= 0.6 is 0 Å². The van der Waals surface area contributed by atoms with E-state index in [2.05, 4.69) is 12.2 Å². The Kier molecular flexibility index (Phi) is 3.92. The summed E-state index contributed by atoms with van der Waals surface area (Å²) in [5.41, 5.74) is 1.08. The number of phenols is 1. The van der Waals surface area contributed by atoms with Crippen LogP contribution in [0.2, 0.25) is 0 Å². The predicted molar refractivity (Wildman–Crippen MR) is 71.3 cm³/mol. The molecule has 18 heavy (non-hydrogen) atoms. The first-order chi connectivity index (χ1) is 8.50. The molecular weight excluding hydrogens is 250 g/mol. The molecule has 0 amide bonds. The summed E-state index contributed by atoms with van der Waals surface area (Å²) in [6.45, 7) is 2.06. The van der Waals surface area contributed by atoms with Crippen LogP contribution in [-0.2, 0) is 9.84 Å². The molecular formula is C13H19NO3S. The first-order valence-electron chi connectivity index (χ1n) is 6.25. The van der Waals surface area contributed by atoms with Gasteiger partial charge in [-0.15, -0.1) is 0 Å². The van der Waals surface area contributed by atoms with Crippen LogP contribution in [0.1, 0.15) is 31.4 Å². The quantitative estimate of drug-likeness (QED) is 0.871. The Morgan fingerprint density at radius 1 is 1.39 bits per heavy atom. The van der Waals surface area contributed by atoms with E-state index in [0.717, 1.165) is 12.0 Å². The molecule has 0 aliphatic carbocycles. The van der Waals surface area contributed by atoms with Crippen LogP contribution in [0, 0.1) is 0 Å². The molecule has 0 aromatic heterocycles. The molecule has 5 heteroatoms. The van der Waals surface area contributed by atoms with E-state index < -0.39 is 9.84 Å². The number of sulfone groups is 1. The van der Waals surface area contributed by atoms with Crippen molar-refractivity contribution in [3.05, 3.63) is 29.8 Å². The summed E-state index contributed by atoms with van der Waals surface area (Å²) in [7, 11) is -2.84. The smallest absolute Gasteiger partial charge is 0.151 e. The molecule has 1 aliphatic rings. The van der Waals surface area contributed by atoms with Gasteiger partial charge in [0.15, 0.2) is 9.84 Å². The van der Waals surface area contributed by atoms with Gasteiger partial charge < -0.3 is 10.4 Å². The third-order valence-electron chi connectivity index (χ3n) is 3.37. The molecule has 1 fully saturated rings. The second-order valence-electron chi connectivity index (χ2n) is 4.82. The standard InChI is InChI=1S/C13H19NO3S/c1-2-13(10-3-5-12(15)6-4-10)14-11-7-8-18(16,17)9-11/h3-6,11,13-15H,2,7-9H2,1H3. The normalized spacial score (nSPS) is 23.9. The van der Waals surface area contributed by atoms with Crippen molar-refractivity contribution in [1.29, 1.82) is 0 Å². The summed E-state index contributed by atoms with van der Waals surface area (Å²) in [6, 6.07) is 7.26. The minimum absolute atomic E-state index is 0.0498. The lowest BCUT2D eigenvalue weighted by atomic mass is 10.0. The highest BCUT2D eigenvalue weighted by atomic mass is 32.2. The van der Waals surface area contributed by atoms with Gasteiger partial charge in [0.2, 0.25) is 0 Å². The molecule has 2 rings (SSSR count). The van der Waals surface area contributed by atoms with Crippen molar-refractivity contribution in [3.63, 3.8) is 0 Å². The van der Waals surface area contributed by atoms with E-state index >= 15 is 0 Å². The Morgan fingerprint density at radius 3 is 2.56 bits per heavy atom. The van der Waals surface area contributed by atoms with Gasteiger partial charge in [-0.1, -0.05) is 19.1 Å². The van der Waals surface area contributed by atoms with Crippen LogP contribution in [0.3, 0.4) is 0 Å². The topological polar surface area (TPSA) is 66.4 Å². The first-order valence-corrected chi connectivity index (χ1v) is 8.07. The minimum Gasteiger partial charge on any atom is -0.508 e. The third kappa shape index (κ3) is 3.23. The van der Waals surface area contributed by atoms with Crippen molar-refractivity contribution in [2.75, 3.05) is 11.5 Å². The van der Waals surface area contributed by atoms with Gasteiger partial charge in [-0.05, 0) is 30.5 Å². The van der Waals surface area contributed by atoms with Crippen LogP contribution in [0.25, 0.3) is 0 Å². The van der Waals surface area contributed by atoms with Crippen LogP contribution in [-0.4, -0.2) is 31.1 Å². The fourth-order valence-electron chi connectivity index (χ4n) is 2.37. The van der Waals surface area contributed by atoms with Crippen molar-refractivity contribution in [2.45, 2.75) is 31.8 Å². The summed E-state index contributed by atoms with van der Waals surface area (Å²) in [5.74, 6) is 0.773. The van der Waals surface area contributed by atoms with E-state index in [1.165, 1.54) is 0 Å². The maximum Gasteiger partial charge on any atom is 0.151 e. The van der Waals surface area contributed by atoms with E-state index in [-0.39, 0.29) is 29.3 Å². The molecule has 0 bridgehead atoms. The van der Waals surface area contributed by atoms with E-state index in [1.54, 1.807) is 12.1 Å². The lowest BCUT2D eigenvalue weighted by Gasteiger charge is -2.21. The maximum absolute atomic E-state index is 11.4. The molecule has 1 saturated heterocycles. The van der Waals surface area contributed by atoms with Crippen molar-refractivity contribution in [2.24, 2.45) is 0 Å². The average Bonchev–Trinajstić information content (AvgIpc) is 2.67. The predicted octanol–water partition coefficient (Wildman–Crippen LogP) is 1.62. The van der Waals surface area contributed by atoms with Crippen LogP contribution < -0.4 is 5.32 Å². The molecule has 1 aromatic rings. The average molecular weight is 269 g/mol. The number of aromatic hydroxyl groups is 1. The van der Waals surface area contributed by atoms with Gasteiger partial charge in [-0.25, -0.2) is 8.42 Å². The summed E-state index contributed by atoms with van der Waals surface area (Å²) in [6.07, 6.45) is 1.58. The Hall–Kier alpha value is -1.07. The number of nitrogens with one attached hydrogen (secondary N) is 1. The van der Waals surface area contributed by atoms with Crippen LogP contribution in [0.5, 0.6) is 5.75 Å². The molecule has 0 saturated carbocycles. The van der Waals surface area contributed by atoms with E-state index in [4.69, 9.17) is 0 Å². The second-order valence-corrected chi connectivity index (χ2v) is 7.05. The Labute approximate surface area is 108 Å². The number of hydrogen-bond acceptors (Lipinski definition) is 4. The molecule has 2 atom stereocenters. The number of hydrogen-bond donors (Lipinski definition) is 2. The maximum atomic E-state index is 11.4. The Balaban J connectivity index is 2.04. The van der Waals surface area contributed by atoms with Crippen molar-refractivity contribution >= 4 is 9.84 Å². The van der Waals surface area contributed by atoms with Crippen LogP contribution in [0.4, 0.5) is 0 Å². The molecule has 100 valence electrons. The third-order valence-corrected chi connectivity index (χ3v) is 5.14. The number of phenolic OH excluding ortho intramolecular Hbond substituents is 1. The number of rotatable bonds is 4. The summed E-state index contributed by atoms with van der Waals surface area (Å²) in [5, 5.41) is 12.7. The second kappa shape index (κ2) is 5.28. The zero-order valence-corrected chi connectivity index (χ0v) is 11.3. The molecule has 1 heterocycles. The highest BCUT2D eigenvalue weighted by molar-refractivity contribution is 7.91. The lowest BCUT2D eigenvalue weighted by Crippen LogP contribution is -2.33. The largest absolute Gasteiger partial charge is 0.508 e. The van der Waals surface area contributed by atoms with E-state index in [9.17, 15) is 13.5 Å². The fourth-order valence-corrected chi connectivity index (χ4v) is 4.05. The van der Waals surface area contributed by atoms with Gasteiger partial charge in [0.1, 0.15) is 5.75 Å². The SMILES string of the molecule is CCC(NC1CCS(=O)(=O)C1)c1ccc(O)cc1. The zero-order valence-electron chi connectivity index (χ0n) is 10.5. The fraction of sp³-hybridized carbons (Fsp3) is 0.538. The summed E-state index contributed by atoms with van der Waals surface area (Å²) < 4.78 is 22.8. The molecule has 0 radical (unpaired) electrons. The Bertz CT molecular complexity index is 495. The van der Waals surface area contributed by atoms with Gasteiger partial charge in [0, 0.05) is 12.1 Å². The summed E-state index contributed by atoms with van der Waals surface area (Å²) in [4.78, 5) is 0. The van der Waals surface area contributed by atoms with Gasteiger partial charge in [0.05, 0.1) is 11.5 Å². The first kappa shape index (κ1) is 13.4. The number of benzene rings is 1. The monoisotopic (exact) mass is 269 g/mol. The highest BCUT2D eigenvalue weighted by Gasteiger charge is 2.29. The van der Waals surface area contributed by atoms with E-state index in [0.29, 0.717) is 6.42 Å².